The quantitative estimate of drug-likeness (QED) is 0.814. The van der Waals surface area contributed by atoms with E-state index in [1.54, 1.807) is 18.2 Å². The Morgan fingerprint density at radius 1 is 1.22 bits per heavy atom. The number of hydrogen-bond acceptors (Lipinski definition) is 4. The van der Waals surface area contributed by atoms with Crippen molar-refractivity contribution < 1.29 is 13.2 Å². The van der Waals surface area contributed by atoms with E-state index < -0.39 is 21.0 Å². The van der Waals surface area contributed by atoms with E-state index in [1.807, 2.05) is 6.07 Å². The van der Waals surface area contributed by atoms with Gasteiger partial charge in [0, 0.05) is 12.8 Å². The van der Waals surface area contributed by atoms with Gasteiger partial charge in [0.15, 0.2) is 9.84 Å². The molecule has 2 atom stereocenters. The summed E-state index contributed by atoms with van der Waals surface area (Å²) in [4.78, 5) is 11.5. The summed E-state index contributed by atoms with van der Waals surface area (Å²) in [6.07, 6.45) is 0.538. The maximum Gasteiger partial charge on any atom is 0.182 e. The molecule has 1 saturated carbocycles. The molecule has 1 aliphatic carbocycles. The standard InChI is InChI=1S/C13H13NO3S/c14-9-10-8-11(15)6-7-13(10)18(16,17)12-4-2-1-3-5-12/h1-5,10,13H,6-8H2/t10-,13+/m1/s1. The second-order valence-electron chi connectivity index (χ2n) is 4.41. The number of nitriles is 1. The molecule has 1 aliphatic rings. The third-order valence-electron chi connectivity index (χ3n) is 3.24. The Hall–Kier alpha value is -1.67. The Labute approximate surface area is 106 Å². The van der Waals surface area contributed by atoms with Crippen LogP contribution in [0.3, 0.4) is 0 Å². The van der Waals surface area contributed by atoms with Gasteiger partial charge < -0.3 is 0 Å². The summed E-state index contributed by atoms with van der Waals surface area (Å²) in [5, 5.41) is 8.26. The number of ketones is 1. The zero-order valence-corrected chi connectivity index (χ0v) is 10.6. The first-order valence-corrected chi connectivity index (χ1v) is 7.30. The fourth-order valence-corrected chi connectivity index (χ4v) is 4.17. The summed E-state index contributed by atoms with van der Waals surface area (Å²) in [6.45, 7) is 0. The zero-order valence-electron chi connectivity index (χ0n) is 9.74. The van der Waals surface area contributed by atoms with Gasteiger partial charge in [0.25, 0.3) is 0 Å². The Morgan fingerprint density at radius 2 is 1.89 bits per heavy atom. The maximum atomic E-state index is 12.4. The van der Waals surface area contributed by atoms with Crippen LogP contribution in [0.25, 0.3) is 0 Å². The van der Waals surface area contributed by atoms with Gasteiger partial charge in [0.05, 0.1) is 22.1 Å². The van der Waals surface area contributed by atoms with Crippen LogP contribution in [-0.2, 0) is 14.6 Å². The van der Waals surface area contributed by atoms with E-state index in [9.17, 15) is 13.2 Å². The second kappa shape index (κ2) is 4.91. The van der Waals surface area contributed by atoms with Gasteiger partial charge in [0.2, 0.25) is 0 Å². The molecule has 5 heteroatoms. The molecule has 0 spiro atoms. The number of carbonyl (C=O) groups excluding carboxylic acids is 1. The van der Waals surface area contributed by atoms with E-state index in [1.165, 1.54) is 12.1 Å². The Kier molecular flexibility index (Phi) is 3.48. The summed E-state index contributed by atoms with van der Waals surface area (Å²) in [6, 6.07) is 10.1. The van der Waals surface area contributed by atoms with Gasteiger partial charge >= 0.3 is 0 Å². The number of hydrogen-bond donors (Lipinski definition) is 0. The molecular formula is C13H13NO3S. The highest BCUT2D eigenvalue weighted by atomic mass is 32.2. The minimum Gasteiger partial charge on any atom is -0.300 e. The SMILES string of the molecule is N#C[C@H]1CC(=O)CC[C@@H]1S(=O)(=O)c1ccccc1. The summed E-state index contributed by atoms with van der Waals surface area (Å²) in [5.41, 5.74) is 0. The fourth-order valence-electron chi connectivity index (χ4n) is 2.27. The zero-order chi connectivity index (χ0) is 13.2. The molecule has 0 radical (unpaired) electrons. The number of rotatable bonds is 2. The molecule has 94 valence electrons. The molecule has 0 amide bonds. The van der Waals surface area contributed by atoms with Crippen LogP contribution in [0.2, 0.25) is 0 Å². The minimum atomic E-state index is -3.52. The number of sulfone groups is 1. The van der Waals surface area contributed by atoms with Crippen molar-refractivity contribution in [3.05, 3.63) is 30.3 Å². The van der Waals surface area contributed by atoms with Crippen LogP contribution in [0.1, 0.15) is 19.3 Å². The van der Waals surface area contributed by atoms with Crippen LogP contribution in [0.5, 0.6) is 0 Å². The predicted molar refractivity (Wildman–Crippen MR) is 65.4 cm³/mol. The van der Waals surface area contributed by atoms with Crippen LogP contribution < -0.4 is 0 Å². The summed E-state index contributed by atoms with van der Waals surface area (Å²) < 4.78 is 24.8. The van der Waals surface area contributed by atoms with Crippen molar-refractivity contribution in [3.8, 4) is 6.07 Å². The lowest BCUT2D eigenvalue weighted by molar-refractivity contribution is -0.120. The first-order valence-electron chi connectivity index (χ1n) is 5.76. The van der Waals surface area contributed by atoms with Gasteiger partial charge in [-0.3, -0.25) is 4.79 Å². The molecule has 0 heterocycles. The molecular weight excluding hydrogens is 250 g/mol. The molecule has 0 aliphatic heterocycles. The molecule has 18 heavy (non-hydrogen) atoms. The fraction of sp³-hybridized carbons (Fsp3) is 0.385. The van der Waals surface area contributed by atoms with Crippen molar-refractivity contribution in [3.63, 3.8) is 0 Å². The van der Waals surface area contributed by atoms with E-state index in [2.05, 4.69) is 0 Å². The van der Waals surface area contributed by atoms with Crippen molar-refractivity contribution in [2.75, 3.05) is 0 Å². The predicted octanol–water partition coefficient (Wildman–Crippen LogP) is 1.72. The Morgan fingerprint density at radius 3 is 2.50 bits per heavy atom. The van der Waals surface area contributed by atoms with E-state index in [-0.39, 0.29) is 29.9 Å². The lowest BCUT2D eigenvalue weighted by Crippen LogP contribution is -2.35. The monoisotopic (exact) mass is 263 g/mol. The van der Waals surface area contributed by atoms with Crippen LogP contribution in [0, 0.1) is 17.2 Å². The molecule has 1 aromatic rings. The van der Waals surface area contributed by atoms with E-state index in [4.69, 9.17) is 5.26 Å². The Balaban J connectivity index is 2.36. The molecule has 1 aromatic carbocycles. The highest BCUT2D eigenvalue weighted by Gasteiger charge is 2.39. The summed E-state index contributed by atoms with van der Waals surface area (Å²) in [7, 11) is -3.52. The van der Waals surface area contributed by atoms with Gasteiger partial charge in [-0.2, -0.15) is 5.26 Å². The number of Topliss-reactive ketones (excluding diaryl/α,β-unsaturated/α-hetero) is 1. The lowest BCUT2D eigenvalue weighted by Gasteiger charge is -2.25. The molecule has 0 saturated heterocycles. The van der Waals surface area contributed by atoms with Crippen molar-refractivity contribution in [2.45, 2.75) is 29.4 Å². The van der Waals surface area contributed by atoms with E-state index in [0.717, 1.165) is 0 Å². The van der Waals surface area contributed by atoms with Gasteiger partial charge in [-0.05, 0) is 18.6 Å². The number of carbonyl (C=O) groups is 1. The van der Waals surface area contributed by atoms with Crippen molar-refractivity contribution >= 4 is 15.6 Å². The average molecular weight is 263 g/mol. The molecule has 0 bridgehead atoms. The van der Waals surface area contributed by atoms with Crippen molar-refractivity contribution in [1.82, 2.24) is 0 Å². The molecule has 0 N–H and O–H groups in total. The molecule has 1 fully saturated rings. The third kappa shape index (κ3) is 2.29. The number of benzene rings is 1. The first kappa shape index (κ1) is 12.8. The smallest absolute Gasteiger partial charge is 0.182 e. The van der Waals surface area contributed by atoms with Gasteiger partial charge in [-0.25, -0.2) is 8.42 Å². The van der Waals surface area contributed by atoms with Gasteiger partial charge in [-0.1, -0.05) is 18.2 Å². The average Bonchev–Trinajstić information content (AvgIpc) is 2.39. The highest BCUT2D eigenvalue weighted by Crippen LogP contribution is 2.31. The second-order valence-corrected chi connectivity index (χ2v) is 6.58. The molecule has 4 nitrogen and oxygen atoms in total. The van der Waals surface area contributed by atoms with Crippen LogP contribution >= 0.6 is 0 Å². The van der Waals surface area contributed by atoms with Crippen LogP contribution in [0.15, 0.2) is 35.2 Å². The summed E-state index contributed by atoms with van der Waals surface area (Å²) >= 11 is 0. The number of nitrogens with zero attached hydrogens (tertiary/aromatic N) is 1. The lowest BCUT2D eigenvalue weighted by atomic mass is 9.89. The van der Waals surface area contributed by atoms with E-state index in [0.29, 0.717) is 0 Å². The minimum absolute atomic E-state index is 0.0268. The normalized spacial score (nSPS) is 24.5. The first-order chi connectivity index (χ1) is 8.55. The largest absolute Gasteiger partial charge is 0.300 e. The van der Waals surface area contributed by atoms with Crippen LogP contribution in [-0.4, -0.2) is 19.5 Å². The van der Waals surface area contributed by atoms with E-state index >= 15 is 0 Å². The highest BCUT2D eigenvalue weighted by molar-refractivity contribution is 7.92. The van der Waals surface area contributed by atoms with Crippen molar-refractivity contribution in [2.24, 2.45) is 5.92 Å². The van der Waals surface area contributed by atoms with Crippen molar-refractivity contribution in [1.29, 1.82) is 5.26 Å². The maximum absolute atomic E-state index is 12.4. The van der Waals surface area contributed by atoms with Crippen LogP contribution in [0.4, 0.5) is 0 Å². The van der Waals surface area contributed by atoms with Gasteiger partial charge in [-0.15, -0.1) is 0 Å². The Bertz CT molecular complexity index is 586. The topological polar surface area (TPSA) is 75.0 Å². The summed E-state index contributed by atoms with van der Waals surface area (Å²) in [5.74, 6) is -0.752. The molecule has 0 aromatic heterocycles. The molecule has 0 unspecified atom stereocenters. The third-order valence-corrected chi connectivity index (χ3v) is 5.53. The van der Waals surface area contributed by atoms with Gasteiger partial charge in [0.1, 0.15) is 5.78 Å². The molecule has 2 rings (SSSR count).